The normalized spacial score (nSPS) is 10.3. The molecule has 0 fully saturated rings. The number of carbonyl (C=O) groups is 1. The van der Waals surface area contributed by atoms with E-state index in [0.29, 0.717) is 0 Å². The van der Waals surface area contributed by atoms with Crippen molar-refractivity contribution in [2.75, 3.05) is 7.11 Å². The number of ether oxygens (including phenoxy) is 1. The number of esters is 1. The number of rotatable bonds is 2. The monoisotopic (exact) mass is 264 g/mol. The second-order valence-electron chi connectivity index (χ2n) is 3.85. The Hall–Kier alpha value is -2.43. The highest BCUT2D eigenvalue weighted by Gasteiger charge is 2.12. The van der Waals surface area contributed by atoms with Gasteiger partial charge in [-0.25, -0.2) is 13.6 Å². The van der Waals surface area contributed by atoms with Gasteiger partial charge in [-0.2, -0.15) is 0 Å². The fraction of sp³-hybridized carbons (Fsp3) is 0.0714. The largest absolute Gasteiger partial charge is 0.505 e. The molecule has 3 nitrogen and oxygen atoms in total. The summed E-state index contributed by atoms with van der Waals surface area (Å²) in [6, 6.07) is 7.30. The van der Waals surface area contributed by atoms with Gasteiger partial charge in [0.1, 0.15) is 5.82 Å². The average Bonchev–Trinajstić information content (AvgIpc) is 2.41. The van der Waals surface area contributed by atoms with Gasteiger partial charge in [0.25, 0.3) is 0 Å². The van der Waals surface area contributed by atoms with Crippen LogP contribution in [0.2, 0.25) is 0 Å². The fourth-order valence-corrected chi connectivity index (χ4v) is 1.67. The third kappa shape index (κ3) is 2.54. The molecule has 2 aromatic rings. The van der Waals surface area contributed by atoms with Crippen LogP contribution >= 0.6 is 0 Å². The first-order valence-corrected chi connectivity index (χ1v) is 5.39. The third-order valence-corrected chi connectivity index (χ3v) is 2.65. The van der Waals surface area contributed by atoms with Crippen LogP contribution in [0.3, 0.4) is 0 Å². The Morgan fingerprint density at radius 1 is 1.11 bits per heavy atom. The smallest absolute Gasteiger partial charge is 0.337 e. The van der Waals surface area contributed by atoms with Gasteiger partial charge in [0.05, 0.1) is 12.7 Å². The van der Waals surface area contributed by atoms with E-state index in [1.54, 1.807) is 0 Å². The van der Waals surface area contributed by atoms with Crippen molar-refractivity contribution in [3.8, 4) is 16.9 Å². The summed E-state index contributed by atoms with van der Waals surface area (Å²) >= 11 is 0. The van der Waals surface area contributed by atoms with Gasteiger partial charge < -0.3 is 9.84 Å². The molecule has 5 heteroatoms. The topological polar surface area (TPSA) is 46.5 Å². The van der Waals surface area contributed by atoms with Crippen LogP contribution < -0.4 is 0 Å². The van der Waals surface area contributed by atoms with Crippen molar-refractivity contribution in [2.24, 2.45) is 0 Å². The van der Waals surface area contributed by atoms with Crippen molar-refractivity contribution in [1.29, 1.82) is 0 Å². The Labute approximate surface area is 108 Å². The van der Waals surface area contributed by atoms with Crippen molar-refractivity contribution in [3.05, 3.63) is 53.6 Å². The predicted octanol–water partition coefficient (Wildman–Crippen LogP) is 3.12. The molecule has 0 bridgehead atoms. The Balaban J connectivity index is 2.46. The lowest BCUT2D eigenvalue weighted by Gasteiger charge is -2.06. The summed E-state index contributed by atoms with van der Waals surface area (Å²) in [4.78, 5) is 11.2. The van der Waals surface area contributed by atoms with Crippen LogP contribution in [0.25, 0.3) is 11.1 Å². The van der Waals surface area contributed by atoms with E-state index in [9.17, 15) is 13.6 Å². The molecule has 0 aliphatic carbocycles. The van der Waals surface area contributed by atoms with Crippen LogP contribution in [0.4, 0.5) is 8.78 Å². The number of halogens is 2. The van der Waals surface area contributed by atoms with E-state index in [-0.39, 0.29) is 16.7 Å². The summed E-state index contributed by atoms with van der Waals surface area (Å²) in [7, 11) is 1.20. The number of phenolic OH excluding ortho intramolecular Hbond substituents is 1. The van der Waals surface area contributed by atoms with Crippen LogP contribution in [-0.4, -0.2) is 18.2 Å². The van der Waals surface area contributed by atoms with Crippen LogP contribution in [0.15, 0.2) is 36.4 Å². The molecule has 2 rings (SSSR count). The third-order valence-electron chi connectivity index (χ3n) is 2.65. The van der Waals surface area contributed by atoms with Crippen molar-refractivity contribution in [1.82, 2.24) is 0 Å². The van der Waals surface area contributed by atoms with Crippen molar-refractivity contribution in [3.63, 3.8) is 0 Å². The highest BCUT2D eigenvalue weighted by atomic mass is 19.1. The van der Waals surface area contributed by atoms with Crippen molar-refractivity contribution >= 4 is 5.97 Å². The molecule has 1 N–H and O–H groups in total. The maximum absolute atomic E-state index is 13.9. The van der Waals surface area contributed by atoms with Gasteiger partial charge in [-0.1, -0.05) is 12.1 Å². The molecule has 98 valence electrons. The molecule has 0 amide bonds. The molecule has 0 aliphatic heterocycles. The molecule has 0 saturated carbocycles. The Morgan fingerprint density at radius 3 is 2.42 bits per heavy atom. The Kier molecular flexibility index (Phi) is 3.46. The number of hydrogen-bond donors (Lipinski definition) is 1. The summed E-state index contributed by atoms with van der Waals surface area (Å²) in [5.74, 6) is -2.67. The van der Waals surface area contributed by atoms with Gasteiger partial charge in [0.2, 0.25) is 0 Å². The SMILES string of the molecule is COC(=O)c1ccc(-c2ccc(O)c(F)c2)c(F)c1. The van der Waals surface area contributed by atoms with Gasteiger partial charge in [0, 0.05) is 5.56 Å². The molecule has 0 aromatic heterocycles. The van der Waals surface area contributed by atoms with Gasteiger partial charge in [-0.3, -0.25) is 0 Å². The van der Waals surface area contributed by atoms with E-state index in [2.05, 4.69) is 4.74 Å². The molecule has 2 aromatic carbocycles. The number of hydrogen-bond acceptors (Lipinski definition) is 3. The van der Waals surface area contributed by atoms with Crippen LogP contribution in [0.5, 0.6) is 5.75 Å². The molecule has 0 radical (unpaired) electrons. The van der Waals surface area contributed by atoms with Gasteiger partial charge in [-0.15, -0.1) is 0 Å². The molecule has 0 atom stereocenters. The van der Waals surface area contributed by atoms with E-state index in [4.69, 9.17) is 5.11 Å². The van der Waals surface area contributed by atoms with E-state index < -0.39 is 23.4 Å². The van der Waals surface area contributed by atoms with Gasteiger partial charge in [0.15, 0.2) is 11.6 Å². The van der Waals surface area contributed by atoms with E-state index >= 15 is 0 Å². The molecular weight excluding hydrogens is 254 g/mol. The molecule has 0 saturated heterocycles. The number of methoxy groups -OCH3 is 1. The lowest BCUT2D eigenvalue weighted by Crippen LogP contribution is -2.02. The maximum atomic E-state index is 13.9. The molecule has 19 heavy (non-hydrogen) atoms. The van der Waals surface area contributed by atoms with Crippen LogP contribution in [0, 0.1) is 11.6 Å². The van der Waals surface area contributed by atoms with Crippen molar-refractivity contribution in [2.45, 2.75) is 0 Å². The first-order chi connectivity index (χ1) is 9.02. The minimum atomic E-state index is -0.839. The molecule has 0 unspecified atom stereocenters. The van der Waals surface area contributed by atoms with E-state index in [0.717, 1.165) is 18.2 Å². The van der Waals surface area contributed by atoms with Crippen LogP contribution in [-0.2, 0) is 4.74 Å². The lowest BCUT2D eigenvalue weighted by molar-refractivity contribution is 0.0600. The summed E-state index contributed by atoms with van der Waals surface area (Å²) < 4.78 is 31.6. The van der Waals surface area contributed by atoms with Crippen LogP contribution in [0.1, 0.15) is 10.4 Å². The fourth-order valence-electron chi connectivity index (χ4n) is 1.67. The minimum Gasteiger partial charge on any atom is -0.505 e. The zero-order chi connectivity index (χ0) is 14.0. The maximum Gasteiger partial charge on any atom is 0.337 e. The number of phenols is 1. The molecule has 0 spiro atoms. The minimum absolute atomic E-state index is 0.0722. The quantitative estimate of drug-likeness (QED) is 0.848. The van der Waals surface area contributed by atoms with E-state index in [1.807, 2.05) is 0 Å². The summed E-state index contributed by atoms with van der Waals surface area (Å²) in [5.41, 5.74) is 0.471. The number of carbonyl (C=O) groups excluding carboxylic acids is 1. The zero-order valence-electron chi connectivity index (χ0n) is 9.98. The zero-order valence-corrected chi connectivity index (χ0v) is 9.98. The lowest BCUT2D eigenvalue weighted by atomic mass is 10.0. The number of benzene rings is 2. The van der Waals surface area contributed by atoms with Crippen molar-refractivity contribution < 1.29 is 23.4 Å². The average molecular weight is 264 g/mol. The first kappa shape index (κ1) is 13.0. The molecule has 0 heterocycles. The summed E-state index contributed by atoms with van der Waals surface area (Å²) in [6.45, 7) is 0. The van der Waals surface area contributed by atoms with Gasteiger partial charge >= 0.3 is 5.97 Å². The molecular formula is C14H10F2O3. The van der Waals surface area contributed by atoms with Gasteiger partial charge in [-0.05, 0) is 29.8 Å². The molecule has 0 aliphatic rings. The predicted molar refractivity (Wildman–Crippen MR) is 64.8 cm³/mol. The second-order valence-corrected chi connectivity index (χ2v) is 3.85. The second kappa shape index (κ2) is 5.06. The first-order valence-electron chi connectivity index (χ1n) is 5.39. The highest BCUT2D eigenvalue weighted by Crippen LogP contribution is 2.27. The highest BCUT2D eigenvalue weighted by molar-refractivity contribution is 5.90. The Morgan fingerprint density at radius 2 is 1.84 bits per heavy atom. The standard InChI is InChI=1S/C14H10F2O3/c1-19-14(18)9-2-4-10(11(15)7-9)8-3-5-13(17)12(16)6-8/h2-7,17H,1H3. The Bertz CT molecular complexity index is 639. The summed E-state index contributed by atoms with van der Waals surface area (Å²) in [5, 5.41) is 9.08. The number of aromatic hydroxyl groups is 1. The van der Waals surface area contributed by atoms with E-state index in [1.165, 1.54) is 25.3 Å². The summed E-state index contributed by atoms with van der Waals surface area (Å²) in [6.07, 6.45) is 0.